The van der Waals surface area contributed by atoms with Gasteiger partial charge < -0.3 is 4.42 Å². The molecule has 0 N–H and O–H groups in total. The molecule has 152 valence electrons. The standard InChI is InChI=1S/C21H22FN3O3S/c1-14-5-3-4-6-18(14)21-24-23-20(28-21)16-9-11-25(12-10-16)29(26,27)17-7-8-19(22)15(2)13-17/h3-8,13,16H,9-12H2,1-2H3. The summed E-state index contributed by atoms with van der Waals surface area (Å²) < 4.78 is 46.6. The first-order chi connectivity index (χ1) is 13.9. The van der Waals surface area contributed by atoms with Crippen molar-refractivity contribution in [2.24, 2.45) is 0 Å². The van der Waals surface area contributed by atoms with Crippen LogP contribution in [0.4, 0.5) is 4.39 Å². The number of halogens is 1. The van der Waals surface area contributed by atoms with Crippen LogP contribution in [0.5, 0.6) is 0 Å². The Balaban J connectivity index is 1.47. The Labute approximate surface area is 169 Å². The second-order valence-corrected chi connectivity index (χ2v) is 9.29. The van der Waals surface area contributed by atoms with E-state index in [4.69, 9.17) is 4.42 Å². The highest BCUT2D eigenvalue weighted by Gasteiger charge is 2.32. The zero-order valence-electron chi connectivity index (χ0n) is 16.3. The third kappa shape index (κ3) is 3.82. The number of nitrogens with zero attached hydrogens (tertiary/aromatic N) is 3. The summed E-state index contributed by atoms with van der Waals surface area (Å²) >= 11 is 0. The lowest BCUT2D eigenvalue weighted by Gasteiger charge is -2.29. The highest BCUT2D eigenvalue weighted by molar-refractivity contribution is 7.89. The molecule has 0 atom stereocenters. The molecule has 1 saturated heterocycles. The lowest BCUT2D eigenvalue weighted by Crippen LogP contribution is -2.38. The van der Waals surface area contributed by atoms with Gasteiger partial charge in [0.15, 0.2) is 0 Å². The van der Waals surface area contributed by atoms with E-state index in [1.165, 1.54) is 22.5 Å². The van der Waals surface area contributed by atoms with Gasteiger partial charge in [0.1, 0.15) is 5.82 Å². The van der Waals surface area contributed by atoms with E-state index in [0.29, 0.717) is 43.3 Å². The lowest BCUT2D eigenvalue weighted by molar-refractivity contribution is 0.291. The molecule has 2 aromatic carbocycles. The molecule has 0 aliphatic carbocycles. The second-order valence-electron chi connectivity index (χ2n) is 7.35. The van der Waals surface area contributed by atoms with Crippen molar-refractivity contribution in [3.63, 3.8) is 0 Å². The molecule has 0 radical (unpaired) electrons. The molecule has 6 nitrogen and oxygen atoms in total. The number of hydrogen-bond donors (Lipinski definition) is 0. The molecule has 0 spiro atoms. The first-order valence-electron chi connectivity index (χ1n) is 9.52. The Kier molecular flexibility index (Phi) is 5.23. The molecule has 0 amide bonds. The minimum atomic E-state index is -3.65. The van der Waals surface area contributed by atoms with E-state index < -0.39 is 15.8 Å². The third-order valence-electron chi connectivity index (χ3n) is 5.39. The molecule has 0 bridgehead atoms. The average Bonchev–Trinajstić information content (AvgIpc) is 3.20. The summed E-state index contributed by atoms with van der Waals surface area (Å²) in [5, 5.41) is 8.37. The van der Waals surface area contributed by atoms with Gasteiger partial charge in [0.25, 0.3) is 0 Å². The quantitative estimate of drug-likeness (QED) is 0.642. The maximum atomic E-state index is 13.5. The first kappa shape index (κ1) is 19.7. The van der Waals surface area contributed by atoms with Gasteiger partial charge in [-0.25, -0.2) is 12.8 Å². The van der Waals surface area contributed by atoms with E-state index in [1.807, 2.05) is 31.2 Å². The maximum Gasteiger partial charge on any atom is 0.248 e. The Hall–Kier alpha value is -2.58. The van der Waals surface area contributed by atoms with Gasteiger partial charge in [0.2, 0.25) is 21.8 Å². The summed E-state index contributed by atoms with van der Waals surface area (Å²) in [5.41, 5.74) is 2.27. The van der Waals surface area contributed by atoms with Crippen LogP contribution in [0.15, 0.2) is 51.8 Å². The van der Waals surface area contributed by atoms with Crippen molar-refractivity contribution >= 4 is 10.0 Å². The van der Waals surface area contributed by atoms with Crippen molar-refractivity contribution < 1.29 is 17.2 Å². The van der Waals surface area contributed by atoms with Gasteiger partial charge in [0, 0.05) is 24.6 Å². The fraction of sp³-hybridized carbons (Fsp3) is 0.333. The van der Waals surface area contributed by atoms with Crippen molar-refractivity contribution in [1.29, 1.82) is 0 Å². The summed E-state index contributed by atoms with van der Waals surface area (Å²) in [6.45, 7) is 4.25. The Morgan fingerprint density at radius 2 is 1.76 bits per heavy atom. The molecule has 29 heavy (non-hydrogen) atoms. The summed E-state index contributed by atoms with van der Waals surface area (Å²) in [7, 11) is -3.65. The van der Waals surface area contributed by atoms with Crippen molar-refractivity contribution in [2.75, 3.05) is 13.1 Å². The fourth-order valence-electron chi connectivity index (χ4n) is 3.59. The minimum Gasteiger partial charge on any atom is -0.420 e. The Bertz CT molecular complexity index is 1140. The van der Waals surface area contributed by atoms with Crippen LogP contribution >= 0.6 is 0 Å². The molecule has 1 fully saturated rings. The fourth-order valence-corrected chi connectivity index (χ4v) is 5.15. The van der Waals surface area contributed by atoms with Crippen LogP contribution in [0.2, 0.25) is 0 Å². The molecule has 1 aliphatic rings. The predicted octanol–water partition coefficient (Wildman–Crippen LogP) is 4.06. The summed E-state index contributed by atoms with van der Waals surface area (Å²) in [6, 6.07) is 11.7. The second kappa shape index (κ2) is 7.68. The van der Waals surface area contributed by atoms with Crippen molar-refractivity contribution in [2.45, 2.75) is 37.5 Å². The number of hydrogen-bond acceptors (Lipinski definition) is 5. The number of benzene rings is 2. The van der Waals surface area contributed by atoms with Gasteiger partial charge >= 0.3 is 0 Å². The molecular weight excluding hydrogens is 393 g/mol. The lowest BCUT2D eigenvalue weighted by atomic mass is 9.98. The van der Waals surface area contributed by atoms with Crippen LogP contribution in [0.1, 0.15) is 35.8 Å². The molecular formula is C21H22FN3O3S. The minimum absolute atomic E-state index is 0.0154. The Morgan fingerprint density at radius 1 is 1.03 bits per heavy atom. The van der Waals surface area contributed by atoms with Gasteiger partial charge in [-0.15, -0.1) is 10.2 Å². The van der Waals surface area contributed by atoms with E-state index in [9.17, 15) is 12.8 Å². The van der Waals surface area contributed by atoms with Gasteiger partial charge in [-0.05, 0) is 62.1 Å². The van der Waals surface area contributed by atoms with E-state index in [-0.39, 0.29) is 10.8 Å². The third-order valence-corrected chi connectivity index (χ3v) is 7.28. The molecule has 0 unspecified atom stereocenters. The number of aromatic nitrogens is 2. The van der Waals surface area contributed by atoms with E-state index >= 15 is 0 Å². The van der Waals surface area contributed by atoms with Crippen LogP contribution < -0.4 is 0 Å². The van der Waals surface area contributed by atoms with Gasteiger partial charge in [0.05, 0.1) is 4.90 Å². The van der Waals surface area contributed by atoms with Crippen LogP contribution in [0.3, 0.4) is 0 Å². The molecule has 3 aromatic rings. The Morgan fingerprint density at radius 3 is 2.45 bits per heavy atom. The smallest absolute Gasteiger partial charge is 0.248 e. The molecule has 0 saturated carbocycles. The van der Waals surface area contributed by atoms with E-state index in [2.05, 4.69) is 10.2 Å². The zero-order valence-corrected chi connectivity index (χ0v) is 17.1. The normalized spacial score (nSPS) is 16.2. The molecule has 8 heteroatoms. The SMILES string of the molecule is Cc1cc(S(=O)(=O)N2CCC(c3nnc(-c4ccccc4C)o3)CC2)ccc1F. The van der Waals surface area contributed by atoms with Crippen molar-refractivity contribution in [1.82, 2.24) is 14.5 Å². The summed E-state index contributed by atoms with van der Waals surface area (Å²) in [5.74, 6) is 0.623. The van der Waals surface area contributed by atoms with E-state index in [1.54, 1.807) is 6.92 Å². The van der Waals surface area contributed by atoms with Gasteiger partial charge in [-0.2, -0.15) is 4.31 Å². The molecule has 1 aromatic heterocycles. The predicted molar refractivity (Wildman–Crippen MR) is 106 cm³/mol. The molecule has 1 aliphatic heterocycles. The zero-order chi connectivity index (χ0) is 20.6. The van der Waals surface area contributed by atoms with Gasteiger partial charge in [-0.1, -0.05) is 18.2 Å². The van der Waals surface area contributed by atoms with Crippen LogP contribution in [0, 0.1) is 19.7 Å². The number of rotatable bonds is 4. The highest BCUT2D eigenvalue weighted by Crippen LogP contribution is 2.32. The van der Waals surface area contributed by atoms with Gasteiger partial charge in [-0.3, -0.25) is 0 Å². The number of piperidine rings is 1. The topological polar surface area (TPSA) is 76.3 Å². The van der Waals surface area contributed by atoms with Crippen molar-refractivity contribution in [3.05, 3.63) is 65.3 Å². The number of aryl methyl sites for hydroxylation is 2. The molecule has 2 heterocycles. The number of sulfonamides is 1. The van der Waals surface area contributed by atoms with Crippen LogP contribution in [-0.2, 0) is 10.0 Å². The average molecular weight is 415 g/mol. The largest absolute Gasteiger partial charge is 0.420 e. The first-order valence-corrected chi connectivity index (χ1v) is 11.0. The van der Waals surface area contributed by atoms with Crippen molar-refractivity contribution in [3.8, 4) is 11.5 Å². The van der Waals surface area contributed by atoms with E-state index in [0.717, 1.165) is 11.1 Å². The monoisotopic (exact) mass is 415 g/mol. The summed E-state index contributed by atoms with van der Waals surface area (Å²) in [4.78, 5) is 0.120. The maximum absolute atomic E-state index is 13.5. The highest BCUT2D eigenvalue weighted by atomic mass is 32.2. The van der Waals surface area contributed by atoms with Crippen LogP contribution in [0.25, 0.3) is 11.5 Å². The molecule has 4 rings (SSSR count). The van der Waals surface area contributed by atoms with Crippen LogP contribution in [-0.4, -0.2) is 36.0 Å². The summed E-state index contributed by atoms with van der Waals surface area (Å²) in [6.07, 6.45) is 1.18.